The van der Waals surface area contributed by atoms with Gasteiger partial charge >= 0.3 is 0 Å². The number of rotatable bonds is 9. The summed E-state index contributed by atoms with van der Waals surface area (Å²) < 4.78 is 0. The van der Waals surface area contributed by atoms with Crippen molar-refractivity contribution in [3.63, 3.8) is 0 Å². The van der Waals surface area contributed by atoms with Crippen molar-refractivity contribution in [2.45, 2.75) is 66.2 Å². The average molecular weight is 286 g/mol. The van der Waals surface area contributed by atoms with Crippen LogP contribution < -0.4 is 0 Å². The van der Waals surface area contributed by atoms with Gasteiger partial charge in [-0.3, -0.25) is 4.79 Å². The molecule has 0 fully saturated rings. The standard InChI is InChI=1S/C20H30O/c1-5-7-8-11-17(4)19(15-20(21)6-2)14-18-12-9-10-16(3)13-18/h9-10,12-13,15,17H,5-8,11,14H2,1-4H3/b19-15-. The molecule has 1 atom stereocenters. The van der Waals surface area contributed by atoms with E-state index in [0.29, 0.717) is 12.3 Å². The van der Waals surface area contributed by atoms with Crippen LogP contribution in [-0.2, 0) is 11.2 Å². The van der Waals surface area contributed by atoms with E-state index in [1.165, 1.54) is 42.4 Å². The van der Waals surface area contributed by atoms with Gasteiger partial charge in [0.15, 0.2) is 5.78 Å². The van der Waals surface area contributed by atoms with Crippen molar-refractivity contribution in [1.82, 2.24) is 0 Å². The van der Waals surface area contributed by atoms with Gasteiger partial charge in [-0.1, -0.05) is 75.4 Å². The second-order valence-electron chi connectivity index (χ2n) is 6.10. The molecule has 1 heteroatoms. The van der Waals surface area contributed by atoms with Gasteiger partial charge in [0, 0.05) is 6.42 Å². The van der Waals surface area contributed by atoms with E-state index in [1.54, 1.807) is 0 Å². The number of aryl methyl sites for hydroxylation is 1. The van der Waals surface area contributed by atoms with E-state index in [0.717, 1.165) is 6.42 Å². The van der Waals surface area contributed by atoms with Gasteiger partial charge in [-0.15, -0.1) is 0 Å². The molecule has 0 aliphatic carbocycles. The monoisotopic (exact) mass is 286 g/mol. The zero-order valence-electron chi connectivity index (χ0n) is 14.1. The molecule has 0 saturated carbocycles. The fourth-order valence-corrected chi connectivity index (χ4v) is 2.62. The van der Waals surface area contributed by atoms with Gasteiger partial charge < -0.3 is 0 Å². The second kappa shape index (κ2) is 9.55. The van der Waals surface area contributed by atoms with Crippen LogP contribution in [0.15, 0.2) is 35.9 Å². The molecule has 0 spiro atoms. The third-order valence-corrected chi connectivity index (χ3v) is 4.06. The molecule has 1 aromatic rings. The third-order valence-electron chi connectivity index (χ3n) is 4.06. The Hall–Kier alpha value is -1.37. The number of unbranched alkanes of at least 4 members (excludes halogenated alkanes) is 2. The first kappa shape index (κ1) is 17.7. The first-order chi connectivity index (χ1) is 10.1. The SMILES string of the molecule is CCCCCC(C)/C(=C\C(=O)CC)Cc1cccc(C)c1. The van der Waals surface area contributed by atoms with Crippen LogP contribution in [0.3, 0.4) is 0 Å². The molecule has 0 saturated heterocycles. The predicted molar refractivity (Wildman–Crippen MR) is 91.6 cm³/mol. The molecule has 0 radical (unpaired) electrons. The first-order valence-corrected chi connectivity index (χ1v) is 8.35. The Bertz CT molecular complexity index is 470. The summed E-state index contributed by atoms with van der Waals surface area (Å²) in [4.78, 5) is 11.8. The van der Waals surface area contributed by atoms with Crippen LogP contribution in [0, 0.1) is 12.8 Å². The molecule has 1 aromatic carbocycles. The molecule has 0 aliphatic heterocycles. The van der Waals surface area contributed by atoms with E-state index in [2.05, 4.69) is 45.0 Å². The van der Waals surface area contributed by atoms with Crippen molar-refractivity contribution >= 4 is 5.78 Å². The zero-order valence-corrected chi connectivity index (χ0v) is 14.1. The van der Waals surface area contributed by atoms with Crippen molar-refractivity contribution in [2.75, 3.05) is 0 Å². The summed E-state index contributed by atoms with van der Waals surface area (Å²) in [6, 6.07) is 8.61. The Morgan fingerprint density at radius 1 is 1.24 bits per heavy atom. The smallest absolute Gasteiger partial charge is 0.155 e. The highest BCUT2D eigenvalue weighted by Gasteiger charge is 2.11. The maximum atomic E-state index is 11.8. The lowest BCUT2D eigenvalue weighted by molar-refractivity contribution is -0.114. The molecule has 1 rings (SSSR count). The van der Waals surface area contributed by atoms with E-state index in [9.17, 15) is 4.79 Å². The van der Waals surface area contributed by atoms with Crippen LogP contribution in [0.5, 0.6) is 0 Å². The van der Waals surface area contributed by atoms with Gasteiger partial charge in [0.1, 0.15) is 0 Å². The van der Waals surface area contributed by atoms with Gasteiger partial charge in [0.2, 0.25) is 0 Å². The van der Waals surface area contributed by atoms with E-state index in [4.69, 9.17) is 0 Å². The van der Waals surface area contributed by atoms with E-state index < -0.39 is 0 Å². The molecular formula is C20H30O. The summed E-state index contributed by atoms with van der Waals surface area (Å²) >= 11 is 0. The summed E-state index contributed by atoms with van der Waals surface area (Å²) in [6.45, 7) is 8.55. The average Bonchev–Trinajstić information content (AvgIpc) is 2.46. The number of ketones is 1. The summed E-state index contributed by atoms with van der Waals surface area (Å²) in [6.07, 6.45) is 8.37. The Morgan fingerprint density at radius 3 is 2.62 bits per heavy atom. The highest BCUT2D eigenvalue weighted by Crippen LogP contribution is 2.23. The topological polar surface area (TPSA) is 17.1 Å². The lowest BCUT2D eigenvalue weighted by Crippen LogP contribution is -2.06. The fraction of sp³-hybridized carbons (Fsp3) is 0.550. The summed E-state index contributed by atoms with van der Waals surface area (Å²) in [5.41, 5.74) is 3.89. The molecule has 1 unspecified atom stereocenters. The van der Waals surface area contributed by atoms with Crippen LogP contribution >= 0.6 is 0 Å². The van der Waals surface area contributed by atoms with Crippen LogP contribution in [0.4, 0.5) is 0 Å². The molecule has 0 aromatic heterocycles. The number of allylic oxidation sites excluding steroid dienone is 2. The third kappa shape index (κ3) is 6.75. The zero-order chi connectivity index (χ0) is 15.7. The second-order valence-corrected chi connectivity index (χ2v) is 6.10. The quantitative estimate of drug-likeness (QED) is 0.423. The number of hydrogen-bond acceptors (Lipinski definition) is 1. The Morgan fingerprint density at radius 2 is 2.00 bits per heavy atom. The van der Waals surface area contributed by atoms with Gasteiger partial charge in [0.25, 0.3) is 0 Å². The fourth-order valence-electron chi connectivity index (χ4n) is 2.62. The maximum Gasteiger partial charge on any atom is 0.155 e. The number of carbonyl (C=O) groups is 1. The highest BCUT2D eigenvalue weighted by molar-refractivity contribution is 5.90. The van der Waals surface area contributed by atoms with Crippen molar-refractivity contribution in [2.24, 2.45) is 5.92 Å². The number of hydrogen-bond donors (Lipinski definition) is 0. The van der Waals surface area contributed by atoms with Crippen LogP contribution in [0.1, 0.15) is 64.0 Å². The maximum absolute atomic E-state index is 11.8. The Balaban J connectivity index is 2.82. The highest BCUT2D eigenvalue weighted by atomic mass is 16.1. The molecule has 0 heterocycles. The lowest BCUT2D eigenvalue weighted by Gasteiger charge is -2.16. The molecule has 116 valence electrons. The van der Waals surface area contributed by atoms with Crippen molar-refractivity contribution in [3.05, 3.63) is 47.0 Å². The van der Waals surface area contributed by atoms with Crippen LogP contribution in [-0.4, -0.2) is 5.78 Å². The number of carbonyl (C=O) groups excluding carboxylic acids is 1. The van der Waals surface area contributed by atoms with Crippen LogP contribution in [0.2, 0.25) is 0 Å². The van der Waals surface area contributed by atoms with E-state index in [-0.39, 0.29) is 5.78 Å². The molecular weight excluding hydrogens is 256 g/mol. The normalized spacial score (nSPS) is 13.2. The predicted octanol–water partition coefficient (Wildman–Crippen LogP) is 5.66. The molecule has 0 bridgehead atoms. The minimum atomic E-state index is 0.250. The summed E-state index contributed by atoms with van der Waals surface area (Å²) in [7, 11) is 0. The summed E-state index contributed by atoms with van der Waals surface area (Å²) in [5.74, 6) is 0.743. The molecule has 0 amide bonds. The molecule has 1 nitrogen and oxygen atoms in total. The van der Waals surface area contributed by atoms with Gasteiger partial charge in [0.05, 0.1) is 0 Å². The molecule has 0 N–H and O–H groups in total. The molecule has 21 heavy (non-hydrogen) atoms. The van der Waals surface area contributed by atoms with Gasteiger partial charge in [-0.05, 0) is 37.3 Å². The summed E-state index contributed by atoms with van der Waals surface area (Å²) in [5, 5.41) is 0. The van der Waals surface area contributed by atoms with Crippen LogP contribution in [0.25, 0.3) is 0 Å². The van der Waals surface area contributed by atoms with E-state index >= 15 is 0 Å². The van der Waals surface area contributed by atoms with Crippen molar-refractivity contribution < 1.29 is 4.79 Å². The van der Waals surface area contributed by atoms with Crippen molar-refractivity contribution in [1.29, 1.82) is 0 Å². The largest absolute Gasteiger partial charge is 0.295 e. The van der Waals surface area contributed by atoms with E-state index in [1.807, 2.05) is 13.0 Å². The van der Waals surface area contributed by atoms with Gasteiger partial charge in [-0.2, -0.15) is 0 Å². The first-order valence-electron chi connectivity index (χ1n) is 8.35. The lowest BCUT2D eigenvalue weighted by atomic mass is 9.89. The minimum absolute atomic E-state index is 0.250. The number of benzene rings is 1. The Kier molecular flexibility index (Phi) is 8.04. The molecule has 0 aliphatic rings. The van der Waals surface area contributed by atoms with Gasteiger partial charge in [-0.25, -0.2) is 0 Å². The van der Waals surface area contributed by atoms with Crippen molar-refractivity contribution in [3.8, 4) is 0 Å². The Labute approximate surface area is 130 Å². The minimum Gasteiger partial charge on any atom is -0.295 e.